The molecular formula is C19H29Cl2N3O3. The Morgan fingerprint density at radius 2 is 1.96 bits per heavy atom. The molecule has 0 aliphatic carbocycles. The number of β-amino-alcohol motifs (C(OH)–C–C–N with tert-alkyl or cyclic N) is 1. The number of carbonyl (C=O) groups excluding carboxylic acids is 1. The van der Waals surface area contributed by atoms with Crippen molar-refractivity contribution in [3.05, 3.63) is 28.2 Å². The highest BCUT2D eigenvalue weighted by Gasteiger charge is 2.21. The summed E-state index contributed by atoms with van der Waals surface area (Å²) in [7, 11) is 0. The molecule has 1 saturated heterocycles. The maximum atomic E-state index is 11.9. The number of unbranched alkanes of at least 4 members (excludes halogenated alkanes) is 1. The molecular weight excluding hydrogens is 389 g/mol. The van der Waals surface area contributed by atoms with E-state index in [-0.39, 0.29) is 12.5 Å². The van der Waals surface area contributed by atoms with Gasteiger partial charge in [0.2, 0.25) is 5.91 Å². The number of benzene rings is 1. The van der Waals surface area contributed by atoms with Gasteiger partial charge >= 0.3 is 0 Å². The maximum Gasteiger partial charge on any atom is 0.234 e. The van der Waals surface area contributed by atoms with Crippen molar-refractivity contribution in [2.24, 2.45) is 0 Å². The fourth-order valence-corrected chi connectivity index (χ4v) is 3.39. The van der Waals surface area contributed by atoms with Gasteiger partial charge in [0.05, 0.1) is 11.6 Å². The first-order valence-corrected chi connectivity index (χ1v) is 10.2. The molecule has 0 radical (unpaired) electrons. The van der Waals surface area contributed by atoms with E-state index in [1.807, 2.05) is 0 Å². The number of hydrogen-bond acceptors (Lipinski definition) is 5. The zero-order chi connectivity index (χ0) is 19.6. The van der Waals surface area contributed by atoms with Crippen molar-refractivity contribution in [1.82, 2.24) is 15.1 Å². The fourth-order valence-electron chi connectivity index (χ4n) is 2.92. The molecule has 1 aromatic carbocycles. The third kappa shape index (κ3) is 8.23. The summed E-state index contributed by atoms with van der Waals surface area (Å²) in [6, 6.07) is 5.01. The van der Waals surface area contributed by atoms with Gasteiger partial charge in [-0.1, -0.05) is 36.5 Å². The minimum Gasteiger partial charge on any atom is -0.489 e. The lowest BCUT2D eigenvalue weighted by atomic mass is 10.2. The van der Waals surface area contributed by atoms with Gasteiger partial charge in [-0.05, 0) is 24.6 Å². The van der Waals surface area contributed by atoms with Crippen molar-refractivity contribution in [2.45, 2.75) is 25.9 Å². The smallest absolute Gasteiger partial charge is 0.234 e. The number of halogens is 2. The van der Waals surface area contributed by atoms with Crippen LogP contribution in [0.4, 0.5) is 0 Å². The van der Waals surface area contributed by atoms with Crippen molar-refractivity contribution < 1.29 is 14.6 Å². The minimum absolute atomic E-state index is 0.0881. The summed E-state index contributed by atoms with van der Waals surface area (Å²) >= 11 is 11.9. The van der Waals surface area contributed by atoms with Crippen molar-refractivity contribution in [2.75, 3.05) is 52.4 Å². The number of nitrogens with zero attached hydrogens (tertiary/aromatic N) is 2. The molecule has 0 spiro atoms. The van der Waals surface area contributed by atoms with E-state index in [0.717, 1.165) is 45.6 Å². The first kappa shape index (κ1) is 22.2. The van der Waals surface area contributed by atoms with E-state index in [9.17, 15) is 9.90 Å². The van der Waals surface area contributed by atoms with Gasteiger partial charge in [-0.3, -0.25) is 14.6 Å². The van der Waals surface area contributed by atoms with E-state index in [0.29, 0.717) is 28.9 Å². The summed E-state index contributed by atoms with van der Waals surface area (Å²) in [4.78, 5) is 16.2. The minimum atomic E-state index is -0.611. The van der Waals surface area contributed by atoms with E-state index in [2.05, 4.69) is 22.0 Å². The Balaban J connectivity index is 1.64. The van der Waals surface area contributed by atoms with Gasteiger partial charge in [0.15, 0.2) is 0 Å². The fraction of sp³-hybridized carbons (Fsp3) is 0.632. The molecule has 0 bridgehead atoms. The van der Waals surface area contributed by atoms with Crippen molar-refractivity contribution in [1.29, 1.82) is 0 Å². The highest BCUT2D eigenvalue weighted by Crippen LogP contribution is 2.27. The zero-order valence-corrected chi connectivity index (χ0v) is 17.3. The molecule has 0 saturated carbocycles. The van der Waals surface area contributed by atoms with Crippen LogP contribution in [0.3, 0.4) is 0 Å². The Labute approximate surface area is 171 Å². The lowest BCUT2D eigenvalue weighted by Crippen LogP contribution is -2.51. The van der Waals surface area contributed by atoms with Crippen LogP contribution >= 0.6 is 23.2 Å². The van der Waals surface area contributed by atoms with E-state index in [1.165, 1.54) is 0 Å². The SMILES string of the molecule is CCCCNC(=O)CN1CCN(C[C@@H](O)COc2ccc(Cl)cc2Cl)CC1. The standard InChI is InChI=1S/C19H29Cl2N3O3/c1-2-3-6-22-19(26)13-24-9-7-23(8-10-24)12-16(25)14-27-18-5-4-15(20)11-17(18)21/h4-5,11,16,25H,2-3,6-10,12-14H2,1H3,(H,22,26)/t16-/m1/s1. The Kier molecular flexibility index (Phi) is 9.65. The first-order valence-electron chi connectivity index (χ1n) is 9.45. The summed E-state index contributed by atoms with van der Waals surface area (Å²) in [5.41, 5.74) is 0. The second-order valence-corrected chi connectivity index (χ2v) is 7.66. The van der Waals surface area contributed by atoms with Gasteiger partial charge in [-0.15, -0.1) is 0 Å². The Hall–Kier alpha value is -1.05. The number of amides is 1. The van der Waals surface area contributed by atoms with Crippen LogP contribution in [-0.2, 0) is 4.79 Å². The topological polar surface area (TPSA) is 65.0 Å². The Morgan fingerprint density at radius 1 is 1.26 bits per heavy atom. The normalized spacial score (nSPS) is 16.9. The molecule has 2 rings (SSSR count). The van der Waals surface area contributed by atoms with E-state index in [4.69, 9.17) is 27.9 Å². The summed E-state index contributed by atoms with van der Waals surface area (Å²) < 4.78 is 5.58. The van der Waals surface area contributed by atoms with Gasteiger partial charge in [-0.2, -0.15) is 0 Å². The number of aliphatic hydroxyl groups is 1. The molecule has 1 fully saturated rings. The average molecular weight is 418 g/mol. The maximum absolute atomic E-state index is 11.9. The van der Waals surface area contributed by atoms with Crippen LogP contribution in [0.15, 0.2) is 18.2 Å². The molecule has 1 aliphatic heterocycles. The molecule has 1 amide bonds. The van der Waals surface area contributed by atoms with Crippen LogP contribution < -0.4 is 10.1 Å². The van der Waals surface area contributed by atoms with Crippen LogP contribution in [-0.4, -0.2) is 79.3 Å². The second-order valence-electron chi connectivity index (χ2n) is 6.82. The summed E-state index contributed by atoms with van der Waals surface area (Å²) in [6.45, 7) is 7.27. The molecule has 27 heavy (non-hydrogen) atoms. The summed E-state index contributed by atoms with van der Waals surface area (Å²) in [5.74, 6) is 0.601. The number of carbonyl (C=O) groups is 1. The first-order chi connectivity index (χ1) is 13.0. The highest BCUT2D eigenvalue weighted by atomic mass is 35.5. The Morgan fingerprint density at radius 3 is 2.63 bits per heavy atom. The predicted molar refractivity (Wildman–Crippen MR) is 109 cm³/mol. The number of piperazine rings is 1. The summed E-state index contributed by atoms with van der Waals surface area (Å²) in [5, 5.41) is 14.1. The second kappa shape index (κ2) is 11.7. The van der Waals surface area contributed by atoms with Gasteiger partial charge in [0.25, 0.3) is 0 Å². The molecule has 1 heterocycles. The number of ether oxygens (including phenoxy) is 1. The number of hydrogen-bond donors (Lipinski definition) is 2. The van der Waals surface area contributed by atoms with Crippen LogP contribution in [0, 0.1) is 0 Å². The molecule has 152 valence electrons. The molecule has 1 aromatic rings. The average Bonchev–Trinajstić information content (AvgIpc) is 2.63. The molecule has 8 heteroatoms. The third-order valence-corrected chi connectivity index (χ3v) is 5.01. The van der Waals surface area contributed by atoms with Gasteiger partial charge in [-0.25, -0.2) is 0 Å². The largest absolute Gasteiger partial charge is 0.489 e. The van der Waals surface area contributed by atoms with Gasteiger partial charge < -0.3 is 15.2 Å². The van der Waals surface area contributed by atoms with Crippen LogP contribution in [0.2, 0.25) is 10.0 Å². The molecule has 0 unspecified atom stereocenters. The summed E-state index contributed by atoms with van der Waals surface area (Å²) in [6.07, 6.45) is 1.48. The van der Waals surface area contributed by atoms with E-state index in [1.54, 1.807) is 18.2 Å². The molecule has 2 N–H and O–H groups in total. The monoisotopic (exact) mass is 417 g/mol. The lowest BCUT2D eigenvalue weighted by Gasteiger charge is -2.35. The van der Waals surface area contributed by atoms with E-state index >= 15 is 0 Å². The van der Waals surface area contributed by atoms with E-state index < -0.39 is 6.10 Å². The van der Waals surface area contributed by atoms with Crippen molar-refractivity contribution >= 4 is 29.1 Å². The lowest BCUT2D eigenvalue weighted by molar-refractivity contribution is -0.122. The highest BCUT2D eigenvalue weighted by molar-refractivity contribution is 6.35. The van der Waals surface area contributed by atoms with Crippen molar-refractivity contribution in [3.63, 3.8) is 0 Å². The zero-order valence-electron chi connectivity index (χ0n) is 15.8. The number of nitrogens with one attached hydrogen (secondary N) is 1. The van der Waals surface area contributed by atoms with Crippen LogP contribution in [0.1, 0.15) is 19.8 Å². The number of rotatable bonds is 10. The molecule has 6 nitrogen and oxygen atoms in total. The van der Waals surface area contributed by atoms with Gasteiger partial charge in [0, 0.05) is 44.3 Å². The Bertz CT molecular complexity index is 596. The van der Waals surface area contributed by atoms with Gasteiger partial charge in [0.1, 0.15) is 18.5 Å². The molecule has 1 aliphatic rings. The van der Waals surface area contributed by atoms with Crippen molar-refractivity contribution in [3.8, 4) is 5.75 Å². The predicted octanol–water partition coefficient (Wildman–Crippen LogP) is 2.27. The molecule has 1 atom stereocenters. The van der Waals surface area contributed by atoms with Crippen LogP contribution in [0.25, 0.3) is 0 Å². The van der Waals surface area contributed by atoms with Crippen LogP contribution in [0.5, 0.6) is 5.75 Å². The number of aliphatic hydroxyl groups excluding tert-OH is 1. The molecule has 0 aromatic heterocycles. The quantitative estimate of drug-likeness (QED) is 0.571. The third-order valence-electron chi connectivity index (χ3n) is 4.48.